The number of rotatable bonds is 3. The summed E-state index contributed by atoms with van der Waals surface area (Å²) in [6.07, 6.45) is 3.69. The number of aromatic nitrogens is 3. The van der Waals surface area contributed by atoms with Gasteiger partial charge < -0.3 is 14.6 Å². The topological polar surface area (TPSA) is 63.1 Å². The molecule has 4 rings (SSSR count). The Morgan fingerprint density at radius 3 is 2.91 bits per heavy atom. The van der Waals surface area contributed by atoms with Gasteiger partial charge in [0.2, 0.25) is 0 Å². The van der Waals surface area contributed by atoms with Crippen LogP contribution < -0.4 is 4.74 Å². The first-order valence-corrected chi connectivity index (χ1v) is 8.09. The largest absolute Gasteiger partial charge is 0.497 e. The number of hydrogen-bond donors (Lipinski definition) is 1. The number of methoxy groups -OCH3 is 1. The van der Waals surface area contributed by atoms with Gasteiger partial charge in [-0.2, -0.15) is 5.10 Å². The van der Waals surface area contributed by atoms with Gasteiger partial charge in [0.15, 0.2) is 0 Å². The Labute approximate surface area is 141 Å². The highest BCUT2D eigenvalue weighted by molar-refractivity contribution is 9.10. The highest BCUT2D eigenvalue weighted by Crippen LogP contribution is 2.26. The summed E-state index contributed by atoms with van der Waals surface area (Å²) in [7, 11) is 1.63. The van der Waals surface area contributed by atoms with Gasteiger partial charge in [0.25, 0.3) is 5.91 Å². The van der Waals surface area contributed by atoms with Crippen molar-refractivity contribution in [3.63, 3.8) is 0 Å². The number of ether oxygens (including phenoxy) is 1. The highest BCUT2D eigenvalue weighted by atomic mass is 79.9. The molecule has 0 unspecified atom stereocenters. The van der Waals surface area contributed by atoms with Crippen LogP contribution in [0.3, 0.4) is 0 Å². The quantitative estimate of drug-likeness (QED) is 0.766. The number of H-pyrrole nitrogens is 1. The van der Waals surface area contributed by atoms with Crippen molar-refractivity contribution in [2.45, 2.75) is 6.04 Å². The number of carbonyl (C=O) groups excluding carboxylic acids is 1. The Bertz CT molecular complexity index is 879. The zero-order valence-electron chi connectivity index (χ0n) is 12.5. The number of nitrogens with zero attached hydrogens (tertiary/aromatic N) is 3. The van der Waals surface area contributed by atoms with E-state index in [2.05, 4.69) is 26.0 Å². The molecule has 1 fully saturated rings. The monoisotopic (exact) mass is 374 g/mol. The van der Waals surface area contributed by atoms with E-state index in [1.54, 1.807) is 13.3 Å². The summed E-state index contributed by atoms with van der Waals surface area (Å²) < 4.78 is 8.05. The molecule has 0 spiro atoms. The number of fused-ring (bicyclic) bond motifs is 1. The molecule has 7 heteroatoms. The molecular weight excluding hydrogens is 360 g/mol. The van der Waals surface area contributed by atoms with E-state index in [1.165, 1.54) is 0 Å². The molecule has 0 saturated carbocycles. The van der Waals surface area contributed by atoms with Crippen molar-refractivity contribution in [3.05, 3.63) is 46.8 Å². The molecule has 0 radical (unpaired) electrons. The average Bonchev–Trinajstić information content (AvgIpc) is 3.11. The summed E-state index contributed by atoms with van der Waals surface area (Å²) in [6, 6.07) is 7.86. The maximum absolute atomic E-state index is 12.6. The molecule has 2 aromatic heterocycles. The molecule has 1 saturated heterocycles. The second-order valence-electron chi connectivity index (χ2n) is 5.64. The number of carbonyl (C=O) groups is 1. The second kappa shape index (κ2) is 5.42. The number of benzene rings is 1. The molecule has 1 aliphatic heterocycles. The third kappa shape index (κ3) is 2.50. The van der Waals surface area contributed by atoms with E-state index in [0.29, 0.717) is 18.8 Å². The first-order chi connectivity index (χ1) is 11.1. The van der Waals surface area contributed by atoms with E-state index in [-0.39, 0.29) is 11.9 Å². The van der Waals surface area contributed by atoms with Crippen molar-refractivity contribution in [3.8, 4) is 5.75 Å². The van der Waals surface area contributed by atoms with Gasteiger partial charge >= 0.3 is 0 Å². The van der Waals surface area contributed by atoms with Crippen LogP contribution in [0.5, 0.6) is 5.75 Å². The Hall–Kier alpha value is -2.28. The lowest BCUT2D eigenvalue weighted by atomic mass is 10.1. The molecule has 1 N–H and O–H groups in total. The lowest BCUT2D eigenvalue weighted by molar-refractivity contribution is 0.0496. The molecule has 3 heterocycles. The summed E-state index contributed by atoms with van der Waals surface area (Å²) >= 11 is 3.39. The Morgan fingerprint density at radius 1 is 1.39 bits per heavy atom. The summed E-state index contributed by atoms with van der Waals surface area (Å²) in [6.45, 7) is 1.34. The van der Waals surface area contributed by atoms with Crippen LogP contribution in [-0.4, -0.2) is 45.8 Å². The summed E-state index contributed by atoms with van der Waals surface area (Å²) in [4.78, 5) is 17.6. The third-order valence-corrected chi connectivity index (χ3v) is 4.56. The predicted octanol–water partition coefficient (Wildman–Crippen LogP) is 2.83. The maximum atomic E-state index is 12.6. The van der Waals surface area contributed by atoms with E-state index >= 15 is 0 Å². The highest BCUT2D eigenvalue weighted by Gasteiger charge is 2.33. The van der Waals surface area contributed by atoms with Crippen LogP contribution >= 0.6 is 15.9 Å². The first kappa shape index (κ1) is 14.3. The molecule has 23 heavy (non-hydrogen) atoms. The summed E-state index contributed by atoms with van der Waals surface area (Å²) in [5.74, 6) is 0.786. The van der Waals surface area contributed by atoms with Crippen molar-refractivity contribution in [2.75, 3.05) is 20.2 Å². The molecule has 0 bridgehead atoms. The SMILES string of the molecule is COc1ccc2cc(C(=O)N3CC(n4cc(Br)cn4)C3)[nH]c2c1. The fourth-order valence-corrected chi connectivity index (χ4v) is 3.12. The van der Waals surface area contributed by atoms with Crippen LogP contribution in [0.4, 0.5) is 0 Å². The van der Waals surface area contributed by atoms with E-state index in [1.807, 2.05) is 40.0 Å². The maximum Gasteiger partial charge on any atom is 0.270 e. The molecular formula is C16H15BrN4O2. The molecule has 0 atom stereocenters. The lowest BCUT2D eigenvalue weighted by Gasteiger charge is -2.38. The van der Waals surface area contributed by atoms with Crippen LogP contribution in [0, 0.1) is 0 Å². The lowest BCUT2D eigenvalue weighted by Crippen LogP contribution is -2.50. The molecule has 0 aliphatic carbocycles. The molecule has 1 aromatic carbocycles. The number of likely N-dealkylation sites (tertiary alicyclic amines) is 1. The average molecular weight is 375 g/mol. The van der Waals surface area contributed by atoms with Gasteiger partial charge in [0.05, 0.1) is 23.8 Å². The van der Waals surface area contributed by atoms with Crippen LogP contribution in [0.15, 0.2) is 41.1 Å². The number of hydrogen-bond acceptors (Lipinski definition) is 3. The number of aromatic amines is 1. The Balaban J connectivity index is 1.49. The molecule has 1 amide bonds. The van der Waals surface area contributed by atoms with E-state index < -0.39 is 0 Å². The minimum absolute atomic E-state index is 0.0163. The third-order valence-electron chi connectivity index (χ3n) is 4.15. The van der Waals surface area contributed by atoms with Crippen molar-refractivity contribution < 1.29 is 9.53 Å². The second-order valence-corrected chi connectivity index (χ2v) is 6.55. The predicted molar refractivity (Wildman–Crippen MR) is 89.7 cm³/mol. The molecule has 1 aliphatic rings. The van der Waals surface area contributed by atoms with Crippen molar-refractivity contribution in [1.82, 2.24) is 19.7 Å². The smallest absolute Gasteiger partial charge is 0.270 e. The van der Waals surface area contributed by atoms with Gasteiger partial charge in [0, 0.05) is 36.3 Å². The summed E-state index contributed by atoms with van der Waals surface area (Å²) in [5, 5.41) is 5.27. The Kier molecular flexibility index (Phi) is 3.37. The molecule has 118 valence electrons. The number of nitrogens with one attached hydrogen (secondary N) is 1. The van der Waals surface area contributed by atoms with Gasteiger partial charge in [0.1, 0.15) is 11.4 Å². The number of amides is 1. The van der Waals surface area contributed by atoms with Gasteiger partial charge in [-0.15, -0.1) is 0 Å². The zero-order chi connectivity index (χ0) is 16.0. The van der Waals surface area contributed by atoms with Crippen LogP contribution in [0.2, 0.25) is 0 Å². The van der Waals surface area contributed by atoms with E-state index in [0.717, 1.165) is 21.1 Å². The fourth-order valence-electron chi connectivity index (χ4n) is 2.82. The fraction of sp³-hybridized carbons (Fsp3) is 0.250. The summed E-state index contributed by atoms with van der Waals surface area (Å²) in [5.41, 5.74) is 1.51. The normalized spacial score (nSPS) is 15.0. The van der Waals surface area contributed by atoms with Crippen LogP contribution in [0.1, 0.15) is 16.5 Å². The van der Waals surface area contributed by atoms with E-state index in [9.17, 15) is 4.79 Å². The van der Waals surface area contributed by atoms with Crippen molar-refractivity contribution >= 4 is 32.7 Å². The molecule has 6 nitrogen and oxygen atoms in total. The van der Waals surface area contributed by atoms with Gasteiger partial charge in [-0.05, 0) is 34.1 Å². The van der Waals surface area contributed by atoms with Crippen molar-refractivity contribution in [1.29, 1.82) is 0 Å². The van der Waals surface area contributed by atoms with E-state index in [4.69, 9.17) is 4.74 Å². The minimum atomic E-state index is 0.0163. The number of halogens is 1. The Morgan fingerprint density at radius 2 is 2.22 bits per heavy atom. The van der Waals surface area contributed by atoms with Crippen LogP contribution in [-0.2, 0) is 0 Å². The van der Waals surface area contributed by atoms with Gasteiger partial charge in [-0.25, -0.2) is 0 Å². The van der Waals surface area contributed by atoms with Crippen molar-refractivity contribution in [2.24, 2.45) is 0 Å². The zero-order valence-corrected chi connectivity index (χ0v) is 14.1. The molecule has 3 aromatic rings. The van der Waals surface area contributed by atoms with Crippen LogP contribution in [0.25, 0.3) is 10.9 Å². The standard InChI is InChI=1S/C16H15BrN4O2/c1-23-13-3-2-10-4-15(19-14(10)5-13)16(22)20-8-12(9-20)21-7-11(17)6-18-21/h2-7,12,19H,8-9H2,1H3. The minimum Gasteiger partial charge on any atom is -0.497 e. The first-order valence-electron chi connectivity index (χ1n) is 7.30. The van der Waals surface area contributed by atoms with Gasteiger partial charge in [-0.1, -0.05) is 0 Å². The van der Waals surface area contributed by atoms with Gasteiger partial charge in [-0.3, -0.25) is 9.48 Å².